The highest BCUT2D eigenvalue weighted by Gasteiger charge is 2.34. The third-order valence-electron chi connectivity index (χ3n) is 5.63. The molecule has 2 aromatic carbocycles. The number of hydrogen-bond donors (Lipinski definition) is 0. The SMILES string of the molecule is COc1ccc2c(c1OC)C(OC)OC(c1cc3c(cc1CCN(C)C)OCO3)C2. The largest absolute Gasteiger partial charge is 0.493 e. The lowest BCUT2D eigenvalue weighted by Gasteiger charge is -2.34. The molecule has 30 heavy (non-hydrogen) atoms. The highest BCUT2D eigenvalue weighted by Crippen LogP contribution is 2.47. The van der Waals surface area contributed by atoms with Crippen molar-refractivity contribution in [3.63, 3.8) is 0 Å². The molecule has 0 fully saturated rings. The molecule has 2 atom stereocenters. The second-order valence-corrected chi connectivity index (χ2v) is 7.73. The average Bonchev–Trinajstić information content (AvgIpc) is 3.22. The van der Waals surface area contributed by atoms with Crippen LogP contribution >= 0.6 is 0 Å². The Kier molecular flexibility index (Phi) is 6.04. The van der Waals surface area contributed by atoms with E-state index in [2.05, 4.69) is 37.2 Å². The number of fused-ring (bicyclic) bond motifs is 2. The van der Waals surface area contributed by atoms with Crippen LogP contribution < -0.4 is 18.9 Å². The molecule has 2 aliphatic rings. The molecule has 7 nitrogen and oxygen atoms in total. The zero-order chi connectivity index (χ0) is 21.3. The predicted octanol–water partition coefficient (Wildman–Crippen LogP) is 3.50. The molecule has 2 aromatic rings. The number of benzene rings is 2. The van der Waals surface area contributed by atoms with Crippen molar-refractivity contribution in [3.05, 3.63) is 46.5 Å². The minimum absolute atomic E-state index is 0.174. The molecule has 0 N–H and O–H groups in total. The van der Waals surface area contributed by atoms with Crippen molar-refractivity contribution in [1.29, 1.82) is 0 Å². The van der Waals surface area contributed by atoms with Crippen molar-refractivity contribution < 1.29 is 28.4 Å². The summed E-state index contributed by atoms with van der Waals surface area (Å²) in [6.45, 7) is 1.17. The van der Waals surface area contributed by atoms with Crippen molar-refractivity contribution in [2.45, 2.75) is 25.2 Å². The third kappa shape index (κ3) is 3.80. The Morgan fingerprint density at radius 3 is 2.47 bits per heavy atom. The summed E-state index contributed by atoms with van der Waals surface area (Å²) in [4.78, 5) is 2.17. The van der Waals surface area contributed by atoms with Gasteiger partial charge in [-0.15, -0.1) is 0 Å². The molecule has 0 spiro atoms. The fraction of sp³-hybridized carbons (Fsp3) is 0.478. The van der Waals surface area contributed by atoms with Crippen LogP contribution in [0.15, 0.2) is 24.3 Å². The number of hydrogen-bond acceptors (Lipinski definition) is 7. The second kappa shape index (κ2) is 8.71. The number of likely N-dealkylation sites (N-methyl/N-ethyl adjacent to an activating group) is 1. The van der Waals surface area contributed by atoms with E-state index in [1.54, 1.807) is 21.3 Å². The van der Waals surface area contributed by atoms with Crippen molar-refractivity contribution >= 4 is 0 Å². The normalized spacial score (nSPS) is 19.7. The summed E-state index contributed by atoms with van der Waals surface area (Å²) in [5, 5.41) is 0. The number of methoxy groups -OCH3 is 3. The highest BCUT2D eigenvalue weighted by molar-refractivity contribution is 5.54. The summed E-state index contributed by atoms with van der Waals surface area (Å²) in [6.07, 6.45) is 0.850. The van der Waals surface area contributed by atoms with Gasteiger partial charge in [0.1, 0.15) is 0 Å². The Labute approximate surface area is 177 Å². The molecular formula is C23H29NO6. The Balaban J connectivity index is 1.74. The van der Waals surface area contributed by atoms with E-state index in [9.17, 15) is 0 Å². The quantitative estimate of drug-likeness (QED) is 0.686. The molecule has 4 rings (SSSR count). The monoisotopic (exact) mass is 415 g/mol. The lowest BCUT2D eigenvalue weighted by Crippen LogP contribution is -2.24. The van der Waals surface area contributed by atoms with Gasteiger partial charge in [-0.25, -0.2) is 0 Å². The van der Waals surface area contributed by atoms with E-state index in [1.165, 1.54) is 5.56 Å². The molecule has 7 heteroatoms. The molecule has 0 saturated heterocycles. The molecule has 0 saturated carbocycles. The van der Waals surface area contributed by atoms with Gasteiger partial charge in [0.05, 0.1) is 25.9 Å². The molecule has 0 bridgehead atoms. The van der Waals surface area contributed by atoms with Crippen LogP contribution in [0.5, 0.6) is 23.0 Å². The van der Waals surface area contributed by atoms with Crippen molar-refractivity contribution in [2.24, 2.45) is 0 Å². The van der Waals surface area contributed by atoms with E-state index in [0.29, 0.717) is 17.9 Å². The average molecular weight is 415 g/mol. The Bertz CT molecular complexity index is 913. The zero-order valence-electron chi connectivity index (χ0n) is 18.2. The van der Waals surface area contributed by atoms with Gasteiger partial charge >= 0.3 is 0 Å². The summed E-state index contributed by atoms with van der Waals surface area (Å²) in [5.41, 5.74) is 4.29. The van der Waals surface area contributed by atoms with Gasteiger partial charge < -0.3 is 33.3 Å². The maximum atomic E-state index is 6.43. The molecule has 0 radical (unpaired) electrons. The molecular weight excluding hydrogens is 386 g/mol. The van der Waals surface area contributed by atoms with Crippen LogP contribution in [0, 0.1) is 0 Å². The van der Waals surface area contributed by atoms with Gasteiger partial charge in [0.15, 0.2) is 29.3 Å². The summed E-state index contributed by atoms with van der Waals surface area (Å²) >= 11 is 0. The van der Waals surface area contributed by atoms with Crippen LogP contribution in [0.3, 0.4) is 0 Å². The smallest absolute Gasteiger partial charge is 0.231 e. The molecule has 0 aromatic heterocycles. The van der Waals surface area contributed by atoms with Crippen LogP contribution in [-0.2, 0) is 22.3 Å². The Morgan fingerprint density at radius 1 is 1.03 bits per heavy atom. The molecule has 0 aliphatic carbocycles. The first-order valence-electron chi connectivity index (χ1n) is 10.0. The number of rotatable bonds is 7. The van der Waals surface area contributed by atoms with E-state index in [0.717, 1.165) is 41.2 Å². The first-order chi connectivity index (χ1) is 14.5. The van der Waals surface area contributed by atoms with Crippen molar-refractivity contribution in [1.82, 2.24) is 4.90 Å². The zero-order valence-corrected chi connectivity index (χ0v) is 18.2. The minimum Gasteiger partial charge on any atom is -0.493 e. The van der Waals surface area contributed by atoms with Crippen molar-refractivity contribution in [2.75, 3.05) is 48.8 Å². The fourth-order valence-corrected chi connectivity index (χ4v) is 4.11. The fourth-order valence-electron chi connectivity index (χ4n) is 4.11. The van der Waals surface area contributed by atoms with Crippen LogP contribution in [0.1, 0.15) is 34.6 Å². The summed E-state index contributed by atoms with van der Waals surface area (Å²) in [5.74, 6) is 2.86. The second-order valence-electron chi connectivity index (χ2n) is 7.73. The van der Waals surface area contributed by atoms with Gasteiger partial charge in [0.25, 0.3) is 0 Å². The van der Waals surface area contributed by atoms with E-state index in [-0.39, 0.29) is 12.9 Å². The van der Waals surface area contributed by atoms with Crippen LogP contribution in [0.4, 0.5) is 0 Å². The van der Waals surface area contributed by atoms with E-state index in [1.807, 2.05) is 6.07 Å². The van der Waals surface area contributed by atoms with Gasteiger partial charge in [-0.1, -0.05) is 6.07 Å². The van der Waals surface area contributed by atoms with Gasteiger partial charge in [0.2, 0.25) is 6.79 Å². The van der Waals surface area contributed by atoms with Gasteiger partial charge in [-0.05, 0) is 55.4 Å². The maximum Gasteiger partial charge on any atom is 0.231 e. The third-order valence-corrected chi connectivity index (χ3v) is 5.63. The molecule has 2 aliphatic heterocycles. The first-order valence-corrected chi connectivity index (χ1v) is 10.0. The summed E-state index contributed by atoms with van der Waals surface area (Å²) < 4.78 is 34.5. The highest BCUT2D eigenvalue weighted by atomic mass is 16.7. The van der Waals surface area contributed by atoms with Gasteiger partial charge in [-0.2, -0.15) is 0 Å². The number of ether oxygens (including phenoxy) is 6. The van der Waals surface area contributed by atoms with E-state index < -0.39 is 6.29 Å². The molecule has 0 amide bonds. The molecule has 162 valence electrons. The molecule has 2 unspecified atom stereocenters. The van der Waals surface area contributed by atoms with E-state index >= 15 is 0 Å². The van der Waals surface area contributed by atoms with Crippen LogP contribution in [-0.4, -0.2) is 53.7 Å². The van der Waals surface area contributed by atoms with E-state index in [4.69, 9.17) is 28.4 Å². The lowest BCUT2D eigenvalue weighted by molar-refractivity contribution is -0.171. The predicted molar refractivity (Wildman–Crippen MR) is 112 cm³/mol. The lowest BCUT2D eigenvalue weighted by atomic mass is 9.90. The first kappa shape index (κ1) is 20.8. The Morgan fingerprint density at radius 2 is 1.80 bits per heavy atom. The maximum absolute atomic E-state index is 6.43. The summed E-state index contributed by atoms with van der Waals surface area (Å²) in [7, 11) is 9.04. The minimum atomic E-state index is -0.559. The van der Waals surface area contributed by atoms with Crippen LogP contribution in [0.25, 0.3) is 0 Å². The van der Waals surface area contributed by atoms with Gasteiger partial charge in [-0.3, -0.25) is 0 Å². The topological polar surface area (TPSA) is 58.6 Å². The summed E-state index contributed by atoms with van der Waals surface area (Å²) in [6, 6.07) is 8.12. The number of nitrogens with zero attached hydrogens (tertiary/aromatic N) is 1. The van der Waals surface area contributed by atoms with Crippen LogP contribution in [0.2, 0.25) is 0 Å². The van der Waals surface area contributed by atoms with Crippen molar-refractivity contribution in [3.8, 4) is 23.0 Å². The Hall–Kier alpha value is -2.48. The molecule has 2 heterocycles. The standard InChI is InChI=1S/C23H29NO6/c1-24(2)9-8-14-10-19-20(29-13-28-19)12-16(14)18-11-15-6-7-17(25-3)22(26-4)21(15)23(27-5)30-18/h6-7,10,12,18,23H,8-9,11,13H2,1-5H3. The van der Waals surface area contributed by atoms with Gasteiger partial charge in [0, 0.05) is 20.1 Å².